The zero-order chi connectivity index (χ0) is 14.8. The zero-order valence-corrected chi connectivity index (χ0v) is 12.6. The van der Waals surface area contributed by atoms with Crippen molar-refractivity contribution < 1.29 is 4.39 Å². The van der Waals surface area contributed by atoms with Gasteiger partial charge in [0, 0.05) is 6.04 Å². The van der Waals surface area contributed by atoms with E-state index >= 15 is 0 Å². The summed E-state index contributed by atoms with van der Waals surface area (Å²) >= 11 is 7.37. The summed E-state index contributed by atoms with van der Waals surface area (Å²) in [6.45, 7) is 1.95. The molecule has 0 fully saturated rings. The molecule has 21 heavy (non-hydrogen) atoms. The van der Waals surface area contributed by atoms with E-state index in [1.165, 1.54) is 28.4 Å². The Hall–Kier alpha value is -1.99. The summed E-state index contributed by atoms with van der Waals surface area (Å²) in [7, 11) is 0. The summed E-state index contributed by atoms with van der Waals surface area (Å²) < 4.78 is 16.1. The average molecular weight is 324 g/mol. The molecule has 1 aromatic carbocycles. The van der Waals surface area contributed by atoms with Crippen molar-refractivity contribution >= 4 is 28.6 Å². The Morgan fingerprint density at radius 3 is 2.90 bits per heavy atom. The van der Waals surface area contributed by atoms with Gasteiger partial charge in [0.25, 0.3) is 0 Å². The zero-order valence-electron chi connectivity index (χ0n) is 11.0. The molecule has 0 amide bonds. The molecule has 108 valence electrons. The lowest BCUT2D eigenvalue weighted by molar-refractivity contribution is 0.626. The molecular formula is C13H11ClFN5S. The Balaban J connectivity index is 1.86. The first-order valence-electron chi connectivity index (χ1n) is 6.17. The molecule has 0 aliphatic rings. The number of rotatable bonds is 4. The molecule has 0 radical (unpaired) electrons. The topological polar surface area (TPSA) is 55.6 Å². The highest BCUT2D eigenvalue weighted by Crippen LogP contribution is 2.28. The maximum absolute atomic E-state index is 13.9. The Morgan fingerprint density at radius 2 is 2.24 bits per heavy atom. The van der Waals surface area contributed by atoms with Gasteiger partial charge in [-0.2, -0.15) is 0 Å². The van der Waals surface area contributed by atoms with E-state index in [-0.39, 0.29) is 11.9 Å². The van der Waals surface area contributed by atoms with Crippen LogP contribution in [-0.4, -0.2) is 20.2 Å². The van der Waals surface area contributed by atoms with Crippen LogP contribution in [0.25, 0.3) is 5.69 Å². The maximum Gasteiger partial charge on any atom is 0.146 e. The maximum atomic E-state index is 13.9. The second-order valence-electron chi connectivity index (χ2n) is 4.47. The fraction of sp³-hybridized carbons (Fsp3) is 0.154. The Kier molecular flexibility index (Phi) is 3.85. The quantitative estimate of drug-likeness (QED) is 0.795. The minimum atomic E-state index is -0.333. The first-order chi connectivity index (χ1) is 10.1. The van der Waals surface area contributed by atoms with Crippen LogP contribution < -0.4 is 5.32 Å². The van der Waals surface area contributed by atoms with Crippen molar-refractivity contribution in [3.8, 4) is 5.69 Å². The van der Waals surface area contributed by atoms with E-state index in [9.17, 15) is 4.39 Å². The van der Waals surface area contributed by atoms with Crippen LogP contribution in [0, 0.1) is 5.82 Å². The van der Waals surface area contributed by atoms with Crippen LogP contribution >= 0.6 is 22.9 Å². The molecule has 8 heteroatoms. The normalized spacial score (nSPS) is 12.3. The molecule has 1 atom stereocenters. The summed E-state index contributed by atoms with van der Waals surface area (Å²) in [6.07, 6.45) is 1.46. The van der Waals surface area contributed by atoms with Crippen molar-refractivity contribution in [1.29, 1.82) is 0 Å². The molecule has 0 aliphatic heterocycles. The van der Waals surface area contributed by atoms with Gasteiger partial charge < -0.3 is 5.32 Å². The van der Waals surface area contributed by atoms with Gasteiger partial charge in [-0.05, 0) is 52.6 Å². The third kappa shape index (κ3) is 3.03. The van der Waals surface area contributed by atoms with E-state index < -0.39 is 0 Å². The highest BCUT2D eigenvalue weighted by molar-refractivity contribution is 7.14. The van der Waals surface area contributed by atoms with E-state index in [0.717, 1.165) is 5.56 Å². The number of thiophene rings is 1. The van der Waals surface area contributed by atoms with Crippen LogP contribution in [0.15, 0.2) is 36.0 Å². The number of aromatic nitrogens is 4. The molecule has 0 saturated carbocycles. The van der Waals surface area contributed by atoms with Gasteiger partial charge in [-0.3, -0.25) is 0 Å². The summed E-state index contributed by atoms with van der Waals surface area (Å²) in [4.78, 5) is 0. The van der Waals surface area contributed by atoms with Gasteiger partial charge in [-0.25, -0.2) is 9.07 Å². The number of anilines is 1. The lowest BCUT2D eigenvalue weighted by atomic mass is 10.1. The van der Waals surface area contributed by atoms with Crippen LogP contribution in [0.4, 0.5) is 10.1 Å². The van der Waals surface area contributed by atoms with Crippen LogP contribution in [-0.2, 0) is 0 Å². The molecule has 3 aromatic rings. The van der Waals surface area contributed by atoms with Crippen LogP contribution in [0.2, 0.25) is 4.34 Å². The van der Waals surface area contributed by atoms with E-state index in [4.69, 9.17) is 11.6 Å². The van der Waals surface area contributed by atoms with Gasteiger partial charge in [-0.15, -0.1) is 16.4 Å². The van der Waals surface area contributed by atoms with Gasteiger partial charge in [0.1, 0.15) is 12.1 Å². The molecule has 2 heterocycles. The van der Waals surface area contributed by atoms with E-state index in [1.54, 1.807) is 12.1 Å². The SMILES string of the molecule is CC(Nc1cc(-n2cnnn2)ccc1F)c1csc(Cl)c1. The summed E-state index contributed by atoms with van der Waals surface area (Å²) in [5.74, 6) is -0.333. The van der Waals surface area contributed by atoms with Gasteiger partial charge in [0.2, 0.25) is 0 Å². The van der Waals surface area contributed by atoms with Crippen molar-refractivity contribution in [3.63, 3.8) is 0 Å². The van der Waals surface area contributed by atoms with Crippen LogP contribution in [0.1, 0.15) is 18.5 Å². The fourth-order valence-corrected chi connectivity index (χ4v) is 2.90. The molecule has 1 unspecified atom stereocenters. The van der Waals surface area contributed by atoms with Crippen molar-refractivity contribution in [3.05, 3.63) is 51.7 Å². The van der Waals surface area contributed by atoms with Crippen molar-refractivity contribution in [2.45, 2.75) is 13.0 Å². The molecule has 0 aliphatic carbocycles. The van der Waals surface area contributed by atoms with Gasteiger partial charge >= 0.3 is 0 Å². The van der Waals surface area contributed by atoms with Gasteiger partial charge in [-0.1, -0.05) is 11.6 Å². The lowest BCUT2D eigenvalue weighted by Gasteiger charge is -2.15. The summed E-state index contributed by atoms with van der Waals surface area (Å²) in [6, 6.07) is 6.46. The molecule has 5 nitrogen and oxygen atoms in total. The molecule has 0 spiro atoms. The van der Waals surface area contributed by atoms with Crippen molar-refractivity contribution in [2.24, 2.45) is 0 Å². The Bertz CT molecular complexity index is 743. The highest BCUT2D eigenvalue weighted by atomic mass is 35.5. The lowest BCUT2D eigenvalue weighted by Crippen LogP contribution is -2.08. The first kappa shape index (κ1) is 14.0. The predicted molar refractivity (Wildman–Crippen MR) is 80.5 cm³/mol. The molecule has 3 rings (SSSR count). The number of hydrogen-bond acceptors (Lipinski definition) is 5. The van der Waals surface area contributed by atoms with Gasteiger partial charge in [0.05, 0.1) is 15.7 Å². The monoisotopic (exact) mass is 323 g/mol. The second-order valence-corrected chi connectivity index (χ2v) is 6.01. The van der Waals surface area contributed by atoms with Gasteiger partial charge in [0.15, 0.2) is 0 Å². The highest BCUT2D eigenvalue weighted by Gasteiger charge is 2.11. The van der Waals surface area contributed by atoms with E-state index in [0.29, 0.717) is 15.7 Å². The van der Waals surface area contributed by atoms with E-state index in [2.05, 4.69) is 20.8 Å². The summed E-state index contributed by atoms with van der Waals surface area (Å²) in [5.41, 5.74) is 2.08. The fourth-order valence-electron chi connectivity index (χ4n) is 1.91. The standard InChI is InChI=1S/C13H11ClFN5S/c1-8(9-4-13(14)21-6-9)17-12-5-10(2-3-11(12)15)20-7-16-18-19-20/h2-8,17H,1H3. The molecule has 1 N–H and O–H groups in total. The molecule has 0 saturated heterocycles. The molecule has 2 aromatic heterocycles. The third-order valence-corrected chi connectivity index (χ3v) is 4.13. The number of halogens is 2. The number of tetrazole rings is 1. The Labute approximate surface area is 129 Å². The number of benzene rings is 1. The average Bonchev–Trinajstić information content (AvgIpc) is 3.12. The number of hydrogen-bond donors (Lipinski definition) is 1. The van der Waals surface area contributed by atoms with Crippen molar-refractivity contribution in [2.75, 3.05) is 5.32 Å². The first-order valence-corrected chi connectivity index (χ1v) is 7.42. The minimum absolute atomic E-state index is 0.0626. The molecule has 0 bridgehead atoms. The third-order valence-electron chi connectivity index (χ3n) is 3.02. The predicted octanol–water partition coefficient (Wildman–Crippen LogP) is 3.69. The van der Waals surface area contributed by atoms with E-state index in [1.807, 2.05) is 18.4 Å². The second kappa shape index (κ2) is 5.79. The number of nitrogens with zero attached hydrogens (tertiary/aromatic N) is 4. The van der Waals surface area contributed by atoms with Crippen LogP contribution in [0.5, 0.6) is 0 Å². The number of nitrogens with one attached hydrogen (secondary N) is 1. The van der Waals surface area contributed by atoms with Crippen molar-refractivity contribution in [1.82, 2.24) is 20.2 Å². The molecular weight excluding hydrogens is 313 g/mol. The minimum Gasteiger partial charge on any atom is -0.376 e. The van der Waals surface area contributed by atoms with Crippen LogP contribution in [0.3, 0.4) is 0 Å². The largest absolute Gasteiger partial charge is 0.376 e. The Morgan fingerprint density at radius 1 is 1.38 bits per heavy atom. The summed E-state index contributed by atoms with van der Waals surface area (Å²) in [5, 5.41) is 16.0. The smallest absolute Gasteiger partial charge is 0.146 e.